The number of carbonyl (C=O) groups is 1. The molecule has 1 amide bonds. The number of hydrogen-bond acceptors (Lipinski definition) is 4. The first-order valence-corrected chi connectivity index (χ1v) is 7.09. The molecule has 0 spiro atoms. The molecule has 114 valence electrons. The number of amides is 1. The quantitative estimate of drug-likeness (QED) is 0.576. The normalized spacial score (nSPS) is 11.6. The molecule has 0 rings (SSSR count). The molecule has 0 atom stereocenters. The summed E-state index contributed by atoms with van der Waals surface area (Å²) in [6.45, 7) is 6.96. The lowest BCUT2D eigenvalue weighted by Gasteiger charge is -2.35. The van der Waals surface area contributed by atoms with Crippen LogP contribution in [-0.4, -0.2) is 57.9 Å². The molecule has 0 aromatic carbocycles. The van der Waals surface area contributed by atoms with Crippen molar-refractivity contribution in [3.05, 3.63) is 0 Å². The highest BCUT2D eigenvalue weighted by Gasteiger charge is 2.36. The summed E-state index contributed by atoms with van der Waals surface area (Å²) < 4.78 is 10.1. The number of nitrogens with zero attached hydrogens (tertiary/aromatic N) is 1. The monoisotopic (exact) mass is 274 g/mol. The van der Waals surface area contributed by atoms with E-state index in [4.69, 9.17) is 15.2 Å². The van der Waals surface area contributed by atoms with Gasteiger partial charge in [0.05, 0.1) is 12.0 Å². The molecular weight excluding hydrogens is 244 g/mol. The first-order chi connectivity index (χ1) is 9.11. The fraction of sp³-hybridized carbons (Fsp3) is 0.929. The van der Waals surface area contributed by atoms with Crippen LogP contribution in [0.25, 0.3) is 0 Å². The van der Waals surface area contributed by atoms with E-state index in [0.717, 1.165) is 19.3 Å². The van der Waals surface area contributed by atoms with Gasteiger partial charge in [-0.3, -0.25) is 4.79 Å². The minimum atomic E-state index is -0.430. The lowest BCUT2D eigenvalue weighted by Crippen LogP contribution is -2.49. The van der Waals surface area contributed by atoms with Gasteiger partial charge in [0.25, 0.3) is 0 Å². The van der Waals surface area contributed by atoms with E-state index in [1.165, 1.54) is 0 Å². The molecule has 0 fully saturated rings. The first-order valence-electron chi connectivity index (χ1n) is 7.09. The van der Waals surface area contributed by atoms with Gasteiger partial charge in [0.2, 0.25) is 5.91 Å². The number of rotatable bonds is 11. The van der Waals surface area contributed by atoms with Crippen molar-refractivity contribution >= 4 is 5.91 Å². The van der Waals surface area contributed by atoms with Crippen LogP contribution in [-0.2, 0) is 14.3 Å². The smallest absolute Gasteiger partial charge is 0.230 e. The van der Waals surface area contributed by atoms with Crippen LogP contribution < -0.4 is 5.73 Å². The predicted octanol–water partition coefficient (Wildman–Crippen LogP) is 1.26. The molecule has 0 aliphatic carbocycles. The molecule has 0 aliphatic rings. The third-order valence-electron chi connectivity index (χ3n) is 3.83. The van der Waals surface area contributed by atoms with E-state index in [2.05, 4.69) is 0 Å². The Kier molecular flexibility index (Phi) is 9.83. The van der Waals surface area contributed by atoms with Gasteiger partial charge < -0.3 is 20.1 Å². The van der Waals surface area contributed by atoms with Crippen LogP contribution >= 0.6 is 0 Å². The maximum absolute atomic E-state index is 12.7. The number of ether oxygens (including phenoxy) is 2. The summed E-state index contributed by atoms with van der Waals surface area (Å²) in [5, 5.41) is 0. The molecule has 0 aromatic heterocycles. The lowest BCUT2D eigenvalue weighted by molar-refractivity contribution is -0.143. The van der Waals surface area contributed by atoms with Crippen LogP contribution in [0.15, 0.2) is 0 Å². The van der Waals surface area contributed by atoms with Gasteiger partial charge in [0.1, 0.15) is 0 Å². The van der Waals surface area contributed by atoms with Gasteiger partial charge in [-0.2, -0.15) is 0 Å². The number of carbonyl (C=O) groups excluding carboxylic acids is 1. The summed E-state index contributed by atoms with van der Waals surface area (Å²) in [5.74, 6) is 0.146. The van der Waals surface area contributed by atoms with E-state index in [9.17, 15) is 4.79 Å². The number of nitrogens with two attached hydrogens (primary N) is 1. The Labute approximate surface area is 117 Å². The number of hydrogen-bond donors (Lipinski definition) is 1. The topological polar surface area (TPSA) is 64.8 Å². The van der Waals surface area contributed by atoms with E-state index in [0.29, 0.717) is 32.8 Å². The van der Waals surface area contributed by atoms with E-state index in [1.54, 1.807) is 14.2 Å². The van der Waals surface area contributed by atoms with Gasteiger partial charge in [-0.05, 0) is 19.3 Å². The minimum Gasteiger partial charge on any atom is -0.385 e. The maximum Gasteiger partial charge on any atom is 0.230 e. The Morgan fingerprint density at radius 1 is 1.11 bits per heavy atom. The van der Waals surface area contributed by atoms with Crippen LogP contribution in [0.1, 0.15) is 33.1 Å². The average molecular weight is 274 g/mol. The summed E-state index contributed by atoms with van der Waals surface area (Å²) in [6, 6.07) is 0. The van der Waals surface area contributed by atoms with Crippen molar-refractivity contribution in [2.45, 2.75) is 33.1 Å². The van der Waals surface area contributed by atoms with Gasteiger partial charge in [-0.15, -0.1) is 0 Å². The molecule has 0 heterocycles. The van der Waals surface area contributed by atoms with Crippen molar-refractivity contribution in [3.8, 4) is 0 Å². The third-order valence-corrected chi connectivity index (χ3v) is 3.83. The molecule has 19 heavy (non-hydrogen) atoms. The van der Waals surface area contributed by atoms with E-state index in [1.807, 2.05) is 18.7 Å². The Morgan fingerprint density at radius 2 is 1.68 bits per heavy atom. The van der Waals surface area contributed by atoms with Crippen molar-refractivity contribution in [2.75, 3.05) is 47.1 Å². The zero-order chi connectivity index (χ0) is 14.7. The van der Waals surface area contributed by atoms with Crippen molar-refractivity contribution in [1.29, 1.82) is 0 Å². The molecule has 0 aliphatic heterocycles. The van der Waals surface area contributed by atoms with E-state index < -0.39 is 5.41 Å². The zero-order valence-corrected chi connectivity index (χ0v) is 12.9. The second kappa shape index (κ2) is 10.2. The van der Waals surface area contributed by atoms with E-state index in [-0.39, 0.29) is 5.91 Å². The van der Waals surface area contributed by atoms with Gasteiger partial charge in [-0.25, -0.2) is 0 Å². The summed E-state index contributed by atoms with van der Waals surface area (Å²) in [4.78, 5) is 14.6. The molecule has 0 saturated heterocycles. The third kappa shape index (κ3) is 5.47. The molecular formula is C14H30N2O3. The van der Waals surface area contributed by atoms with Gasteiger partial charge in [-0.1, -0.05) is 13.8 Å². The minimum absolute atomic E-state index is 0.146. The van der Waals surface area contributed by atoms with Gasteiger partial charge in [0, 0.05) is 40.5 Å². The largest absolute Gasteiger partial charge is 0.385 e. The van der Waals surface area contributed by atoms with Crippen LogP contribution in [0.3, 0.4) is 0 Å². The van der Waals surface area contributed by atoms with Crippen molar-refractivity contribution in [1.82, 2.24) is 4.90 Å². The maximum atomic E-state index is 12.7. The van der Waals surface area contributed by atoms with Gasteiger partial charge >= 0.3 is 0 Å². The Bertz CT molecular complexity index is 235. The Morgan fingerprint density at radius 3 is 2.11 bits per heavy atom. The number of methoxy groups -OCH3 is 2. The molecule has 0 bridgehead atoms. The second-order valence-corrected chi connectivity index (χ2v) is 4.82. The first kappa shape index (κ1) is 18.4. The van der Waals surface area contributed by atoms with E-state index >= 15 is 0 Å². The highest BCUT2D eigenvalue weighted by atomic mass is 16.5. The molecule has 5 nitrogen and oxygen atoms in total. The fourth-order valence-electron chi connectivity index (χ4n) is 2.18. The molecule has 0 radical (unpaired) electrons. The Balaban J connectivity index is 4.74. The summed E-state index contributed by atoms with van der Waals surface area (Å²) in [5.41, 5.74) is 5.42. The average Bonchev–Trinajstić information content (AvgIpc) is 2.45. The Hall–Kier alpha value is -0.650. The summed E-state index contributed by atoms with van der Waals surface area (Å²) >= 11 is 0. The fourth-order valence-corrected chi connectivity index (χ4v) is 2.18. The molecule has 0 aromatic rings. The highest BCUT2D eigenvalue weighted by Crippen LogP contribution is 2.27. The van der Waals surface area contributed by atoms with Crippen molar-refractivity contribution < 1.29 is 14.3 Å². The molecule has 0 saturated carbocycles. The van der Waals surface area contributed by atoms with Gasteiger partial charge in [0.15, 0.2) is 0 Å². The van der Waals surface area contributed by atoms with Crippen molar-refractivity contribution in [2.24, 2.45) is 11.1 Å². The molecule has 5 heteroatoms. The van der Waals surface area contributed by atoms with Crippen LogP contribution in [0.4, 0.5) is 0 Å². The van der Waals surface area contributed by atoms with Crippen molar-refractivity contribution in [3.63, 3.8) is 0 Å². The predicted molar refractivity (Wildman–Crippen MR) is 77.0 cm³/mol. The van der Waals surface area contributed by atoms with Crippen LogP contribution in [0, 0.1) is 5.41 Å². The molecule has 2 N–H and O–H groups in total. The highest BCUT2D eigenvalue weighted by molar-refractivity contribution is 5.83. The summed E-state index contributed by atoms with van der Waals surface area (Å²) in [7, 11) is 3.32. The van der Waals surface area contributed by atoms with Crippen LogP contribution in [0.5, 0.6) is 0 Å². The second-order valence-electron chi connectivity index (χ2n) is 4.82. The SMILES string of the molecule is CCC(CC)(CN)C(=O)N(CCCOC)CCOC. The lowest BCUT2D eigenvalue weighted by atomic mass is 9.81. The molecule has 0 unspecified atom stereocenters. The standard InChI is InChI=1S/C14H30N2O3/c1-5-14(6-2,12-15)13(17)16(9-11-19-4)8-7-10-18-3/h5-12,15H2,1-4H3. The zero-order valence-electron chi connectivity index (χ0n) is 12.9. The van der Waals surface area contributed by atoms with Crippen LogP contribution in [0.2, 0.25) is 0 Å². The summed E-state index contributed by atoms with van der Waals surface area (Å²) in [6.07, 6.45) is 2.37.